The van der Waals surface area contributed by atoms with Crippen LogP contribution in [-0.2, 0) is 0 Å². The molecule has 0 radical (unpaired) electrons. The molecule has 0 spiro atoms. The van der Waals surface area contributed by atoms with Crippen LogP contribution in [0.2, 0.25) is 0 Å². The van der Waals surface area contributed by atoms with Crippen LogP contribution in [0.3, 0.4) is 0 Å². The third-order valence-electron chi connectivity index (χ3n) is 4.01. The molecule has 0 aromatic heterocycles. The summed E-state index contributed by atoms with van der Waals surface area (Å²) >= 11 is 2.06. The fourth-order valence-electron chi connectivity index (χ4n) is 1.17. The Morgan fingerprint density at radius 3 is 2.12 bits per heavy atom. The highest BCUT2D eigenvalue weighted by molar-refractivity contribution is 7.99. The van der Waals surface area contributed by atoms with E-state index in [1.165, 1.54) is 17.2 Å². The quantitative estimate of drug-likeness (QED) is 0.611. The van der Waals surface area contributed by atoms with Crippen LogP contribution < -0.4 is 0 Å². The van der Waals surface area contributed by atoms with Crippen molar-refractivity contribution in [1.29, 1.82) is 0 Å². The molecule has 0 rings (SSSR count). The third kappa shape index (κ3) is 5.85. The topological polar surface area (TPSA) is 3.24 Å². The van der Waals surface area contributed by atoms with Crippen molar-refractivity contribution in [2.45, 2.75) is 48.0 Å². The molecule has 0 aromatic carbocycles. The maximum atomic E-state index is 4.06. The first-order chi connectivity index (χ1) is 7.62. The van der Waals surface area contributed by atoms with Gasteiger partial charge in [0.1, 0.15) is 0 Å². The van der Waals surface area contributed by atoms with Crippen LogP contribution in [0.25, 0.3) is 0 Å². The van der Waals surface area contributed by atoms with Crippen molar-refractivity contribution >= 4 is 11.8 Å². The molecule has 0 fully saturated rings. The van der Waals surface area contributed by atoms with E-state index in [4.69, 9.17) is 0 Å². The van der Waals surface area contributed by atoms with Crippen molar-refractivity contribution in [2.24, 2.45) is 10.8 Å². The second kappa shape index (κ2) is 6.72. The standard InChI is InChI=1S/C15H31NS/c1-9-13(2)16(8)10-11-17-12-15(6,7)14(3,4)5/h2,9-12H2,1,3-8H3. The molecule has 0 saturated carbocycles. The summed E-state index contributed by atoms with van der Waals surface area (Å²) in [6.07, 6.45) is 1.05. The van der Waals surface area contributed by atoms with E-state index in [1.807, 2.05) is 0 Å². The summed E-state index contributed by atoms with van der Waals surface area (Å²) in [6.45, 7) is 19.1. The molecular weight excluding hydrogens is 226 g/mol. The number of rotatable bonds is 7. The van der Waals surface area contributed by atoms with Crippen LogP contribution >= 0.6 is 11.8 Å². The van der Waals surface area contributed by atoms with E-state index in [-0.39, 0.29) is 0 Å². The van der Waals surface area contributed by atoms with E-state index in [0.717, 1.165) is 13.0 Å². The lowest BCUT2D eigenvalue weighted by atomic mass is 9.71. The van der Waals surface area contributed by atoms with Crippen LogP contribution in [0.15, 0.2) is 12.3 Å². The first-order valence-electron chi connectivity index (χ1n) is 6.58. The minimum absolute atomic E-state index is 0.374. The number of thioether (sulfide) groups is 1. The minimum atomic E-state index is 0.374. The fraction of sp³-hybridized carbons (Fsp3) is 0.867. The Morgan fingerprint density at radius 2 is 1.71 bits per heavy atom. The molecule has 2 heteroatoms. The highest BCUT2D eigenvalue weighted by Gasteiger charge is 2.32. The average molecular weight is 257 g/mol. The van der Waals surface area contributed by atoms with Gasteiger partial charge in [-0.3, -0.25) is 0 Å². The van der Waals surface area contributed by atoms with E-state index in [2.05, 4.69) is 71.8 Å². The number of nitrogens with zero attached hydrogens (tertiary/aromatic N) is 1. The van der Waals surface area contributed by atoms with Gasteiger partial charge in [-0.2, -0.15) is 11.8 Å². The second-order valence-electron chi connectivity index (χ2n) is 6.53. The minimum Gasteiger partial charge on any atom is -0.378 e. The zero-order valence-corrected chi connectivity index (χ0v) is 13.7. The number of allylic oxidation sites excluding steroid dienone is 1. The van der Waals surface area contributed by atoms with E-state index < -0.39 is 0 Å². The van der Waals surface area contributed by atoms with Gasteiger partial charge in [0.25, 0.3) is 0 Å². The lowest BCUT2D eigenvalue weighted by Gasteiger charge is -2.38. The lowest BCUT2D eigenvalue weighted by Crippen LogP contribution is -2.32. The molecule has 0 aliphatic heterocycles. The molecule has 0 atom stereocenters. The van der Waals surface area contributed by atoms with E-state index in [9.17, 15) is 0 Å². The molecule has 0 aliphatic carbocycles. The van der Waals surface area contributed by atoms with Crippen molar-refractivity contribution in [3.8, 4) is 0 Å². The van der Waals surface area contributed by atoms with Gasteiger partial charge in [-0.15, -0.1) is 0 Å². The van der Waals surface area contributed by atoms with Gasteiger partial charge in [-0.25, -0.2) is 0 Å². The Hall–Kier alpha value is -0.110. The molecule has 0 saturated heterocycles. The fourth-order valence-corrected chi connectivity index (χ4v) is 2.66. The normalized spacial score (nSPS) is 12.6. The molecule has 0 N–H and O–H groups in total. The third-order valence-corrected chi connectivity index (χ3v) is 5.41. The maximum absolute atomic E-state index is 4.06. The predicted octanol–water partition coefficient (Wildman–Crippen LogP) is 4.65. The SMILES string of the molecule is C=C(CC)N(C)CCSCC(C)(C)C(C)(C)C. The molecular formula is C15H31NS. The summed E-state index contributed by atoms with van der Waals surface area (Å²) in [4.78, 5) is 2.27. The molecule has 0 heterocycles. The molecule has 0 unspecified atom stereocenters. The predicted molar refractivity (Wildman–Crippen MR) is 82.6 cm³/mol. The van der Waals surface area contributed by atoms with E-state index in [0.29, 0.717) is 10.8 Å². The Balaban J connectivity index is 3.90. The smallest absolute Gasteiger partial charge is 0.0262 e. The Bertz CT molecular complexity index is 238. The summed E-state index contributed by atoms with van der Waals surface area (Å²) in [6, 6.07) is 0. The van der Waals surface area contributed by atoms with Gasteiger partial charge in [0.15, 0.2) is 0 Å². The largest absolute Gasteiger partial charge is 0.378 e. The Labute approximate surface area is 113 Å². The van der Waals surface area contributed by atoms with Crippen molar-refractivity contribution in [1.82, 2.24) is 4.90 Å². The molecule has 17 heavy (non-hydrogen) atoms. The monoisotopic (exact) mass is 257 g/mol. The van der Waals surface area contributed by atoms with Crippen LogP contribution in [0.1, 0.15) is 48.0 Å². The molecule has 102 valence electrons. The van der Waals surface area contributed by atoms with Crippen LogP contribution in [0.5, 0.6) is 0 Å². The van der Waals surface area contributed by atoms with Gasteiger partial charge in [0, 0.05) is 25.0 Å². The van der Waals surface area contributed by atoms with Crippen LogP contribution in [0.4, 0.5) is 0 Å². The van der Waals surface area contributed by atoms with Crippen LogP contribution in [0, 0.1) is 10.8 Å². The van der Waals surface area contributed by atoms with E-state index in [1.54, 1.807) is 0 Å². The zero-order chi connectivity index (χ0) is 13.7. The van der Waals surface area contributed by atoms with Crippen molar-refractivity contribution in [2.75, 3.05) is 25.1 Å². The molecule has 0 aromatic rings. The highest BCUT2D eigenvalue weighted by atomic mass is 32.2. The Morgan fingerprint density at radius 1 is 1.18 bits per heavy atom. The first-order valence-corrected chi connectivity index (χ1v) is 7.74. The number of hydrogen-bond acceptors (Lipinski definition) is 2. The molecule has 0 aliphatic rings. The zero-order valence-electron chi connectivity index (χ0n) is 12.9. The van der Waals surface area contributed by atoms with Crippen molar-refractivity contribution in [3.05, 3.63) is 12.3 Å². The van der Waals surface area contributed by atoms with Gasteiger partial charge in [0.2, 0.25) is 0 Å². The number of hydrogen-bond donors (Lipinski definition) is 0. The molecule has 1 nitrogen and oxygen atoms in total. The summed E-state index contributed by atoms with van der Waals surface area (Å²) in [7, 11) is 2.14. The van der Waals surface area contributed by atoms with Gasteiger partial charge >= 0.3 is 0 Å². The summed E-state index contributed by atoms with van der Waals surface area (Å²) in [5, 5.41) is 0. The second-order valence-corrected chi connectivity index (χ2v) is 7.63. The van der Waals surface area contributed by atoms with Gasteiger partial charge in [0.05, 0.1) is 0 Å². The summed E-state index contributed by atoms with van der Waals surface area (Å²) in [5.41, 5.74) is 2.00. The first kappa shape index (κ1) is 16.9. The average Bonchev–Trinajstić information content (AvgIpc) is 2.21. The van der Waals surface area contributed by atoms with Crippen molar-refractivity contribution < 1.29 is 0 Å². The lowest BCUT2D eigenvalue weighted by molar-refractivity contribution is 0.162. The summed E-state index contributed by atoms with van der Waals surface area (Å²) in [5.74, 6) is 2.41. The van der Waals surface area contributed by atoms with Gasteiger partial charge < -0.3 is 4.90 Å². The van der Waals surface area contributed by atoms with Gasteiger partial charge in [-0.05, 0) is 23.0 Å². The molecule has 0 bridgehead atoms. The highest BCUT2D eigenvalue weighted by Crippen LogP contribution is 2.40. The van der Waals surface area contributed by atoms with E-state index >= 15 is 0 Å². The van der Waals surface area contributed by atoms with Crippen LogP contribution in [-0.4, -0.2) is 30.0 Å². The molecule has 0 amide bonds. The maximum Gasteiger partial charge on any atom is 0.0262 e. The van der Waals surface area contributed by atoms with Gasteiger partial charge in [-0.1, -0.05) is 48.1 Å². The Kier molecular flexibility index (Phi) is 6.68. The summed E-state index contributed by atoms with van der Waals surface area (Å²) < 4.78 is 0. The van der Waals surface area contributed by atoms with Crippen molar-refractivity contribution in [3.63, 3.8) is 0 Å².